The van der Waals surface area contributed by atoms with Crippen LogP contribution in [0.4, 0.5) is 19.0 Å². The van der Waals surface area contributed by atoms with E-state index in [9.17, 15) is 22.8 Å². The second-order valence-corrected chi connectivity index (χ2v) is 8.52. The second-order valence-electron chi connectivity index (χ2n) is 7.61. The number of anilines is 1. The first-order valence-electron chi connectivity index (χ1n) is 9.97. The van der Waals surface area contributed by atoms with Gasteiger partial charge >= 0.3 is 6.18 Å². The van der Waals surface area contributed by atoms with E-state index >= 15 is 0 Å². The van der Waals surface area contributed by atoms with Gasteiger partial charge in [-0.2, -0.15) is 13.2 Å². The lowest BCUT2D eigenvalue weighted by Crippen LogP contribution is -2.40. The third kappa shape index (κ3) is 5.28. The maximum absolute atomic E-state index is 12.9. The first-order chi connectivity index (χ1) is 15.2. The zero-order valence-corrected chi connectivity index (χ0v) is 18.0. The van der Waals surface area contributed by atoms with Crippen LogP contribution in [0.3, 0.4) is 0 Å². The molecule has 11 heteroatoms. The molecule has 0 aliphatic heterocycles. The molecule has 0 unspecified atom stereocenters. The zero-order chi connectivity index (χ0) is 22.9. The topological polar surface area (TPSA) is 75.9 Å². The van der Waals surface area contributed by atoms with Gasteiger partial charge in [0, 0.05) is 25.8 Å². The van der Waals surface area contributed by atoms with Crippen LogP contribution in [0.25, 0.3) is 16.8 Å². The number of aromatic nitrogens is 2. The number of rotatable bonds is 8. The largest absolute Gasteiger partial charge is 0.406 e. The smallest absolute Gasteiger partial charge is 0.383 e. The van der Waals surface area contributed by atoms with Crippen molar-refractivity contribution < 1.29 is 27.5 Å². The molecule has 0 atom stereocenters. The van der Waals surface area contributed by atoms with E-state index in [-0.39, 0.29) is 29.9 Å². The highest BCUT2D eigenvalue weighted by Crippen LogP contribution is 2.31. The van der Waals surface area contributed by atoms with Crippen molar-refractivity contribution in [1.29, 1.82) is 0 Å². The molecular formula is C21H21F3N4O3S. The van der Waals surface area contributed by atoms with Crippen molar-refractivity contribution in [1.82, 2.24) is 14.3 Å². The Kier molecular flexibility index (Phi) is 6.20. The first kappa shape index (κ1) is 22.3. The quantitative estimate of drug-likeness (QED) is 0.543. The molecule has 3 heterocycles. The maximum atomic E-state index is 12.9. The van der Waals surface area contributed by atoms with Crippen molar-refractivity contribution in [2.24, 2.45) is 5.92 Å². The average Bonchev–Trinajstić information content (AvgIpc) is 3.34. The van der Waals surface area contributed by atoms with Gasteiger partial charge in [-0.1, -0.05) is 0 Å². The molecule has 0 bridgehead atoms. The molecule has 0 radical (unpaired) electrons. The normalized spacial score (nSPS) is 14.0. The molecule has 1 saturated carbocycles. The highest BCUT2D eigenvalue weighted by atomic mass is 32.1. The minimum absolute atomic E-state index is 0.0109. The summed E-state index contributed by atoms with van der Waals surface area (Å²) in [5, 5.41) is 4.52. The molecule has 1 aliphatic carbocycles. The van der Waals surface area contributed by atoms with Crippen molar-refractivity contribution >= 4 is 34.6 Å². The number of halogens is 3. The van der Waals surface area contributed by atoms with Crippen molar-refractivity contribution in [3.63, 3.8) is 0 Å². The highest BCUT2D eigenvalue weighted by molar-refractivity contribution is 7.12. The van der Waals surface area contributed by atoms with E-state index in [1.165, 1.54) is 7.11 Å². The van der Waals surface area contributed by atoms with Crippen molar-refractivity contribution in [3.05, 3.63) is 40.8 Å². The number of imidazole rings is 1. The molecule has 3 aromatic rings. The fourth-order valence-electron chi connectivity index (χ4n) is 3.22. The lowest BCUT2D eigenvalue weighted by molar-refractivity contribution is -0.141. The number of fused-ring (bicyclic) bond motifs is 1. The Hall–Kier alpha value is -2.92. The van der Waals surface area contributed by atoms with Crippen LogP contribution in [-0.4, -0.2) is 59.1 Å². The number of thiophene rings is 1. The van der Waals surface area contributed by atoms with Crippen LogP contribution in [0.5, 0.6) is 0 Å². The van der Waals surface area contributed by atoms with Gasteiger partial charge in [-0.3, -0.25) is 9.59 Å². The van der Waals surface area contributed by atoms with Gasteiger partial charge in [-0.05, 0) is 47.5 Å². The number of carbonyl (C=O) groups excluding carboxylic acids is 2. The molecule has 1 N–H and O–H groups in total. The van der Waals surface area contributed by atoms with E-state index in [2.05, 4.69) is 10.3 Å². The lowest BCUT2D eigenvalue weighted by Gasteiger charge is -2.23. The fraction of sp³-hybridized carbons (Fsp3) is 0.381. The number of carbonyl (C=O) groups is 2. The molecule has 0 saturated heterocycles. The molecule has 7 nitrogen and oxygen atoms in total. The molecule has 4 rings (SSSR count). The van der Waals surface area contributed by atoms with Crippen molar-refractivity contribution in [3.8, 4) is 11.1 Å². The van der Waals surface area contributed by atoms with E-state index in [1.54, 1.807) is 34.3 Å². The molecule has 32 heavy (non-hydrogen) atoms. The summed E-state index contributed by atoms with van der Waals surface area (Å²) in [4.78, 5) is 29.9. The minimum Gasteiger partial charge on any atom is -0.383 e. The molecular weight excluding hydrogens is 445 g/mol. The van der Waals surface area contributed by atoms with Crippen LogP contribution >= 0.6 is 11.3 Å². The van der Waals surface area contributed by atoms with Crippen LogP contribution < -0.4 is 5.32 Å². The standard InChI is InChI=1S/C21H21F3N4O3S/c1-31-7-6-27(12-21(22,23)24)20(30)16-8-15(11-32-16)14-4-5-18-25-17(10-28(18)9-14)26-19(29)13-2-3-13/h4-5,8-11,13H,2-3,6-7,12H2,1H3,(H,26,29). The van der Waals surface area contributed by atoms with E-state index in [1.807, 2.05) is 6.07 Å². The Bertz CT molecular complexity index is 1140. The third-order valence-corrected chi connectivity index (χ3v) is 5.93. The van der Waals surface area contributed by atoms with Crippen LogP contribution in [0.1, 0.15) is 22.5 Å². The molecule has 1 fully saturated rings. The van der Waals surface area contributed by atoms with Gasteiger partial charge in [0.25, 0.3) is 5.91 Å². The number of ether oxygens (including phenoxy) is 1. The molecule has 170 valence electrons. The summed E-state index contributed by atoms with van der Waals surface area (Å²) in [7, 11) is 1.37. The Labute approximate surface area is 185 Å². The van der Waals surface area contributed by atoms with Crippen molar-refractivity contribution in [2.75, 3.05) is 32.1 Å². The molecule has 0 spiro atoms. The van der Waals surface area contributed by atoms with Crippen LogP contribution in [0, 0.1) is 5.92 Å². The predicted octanol–water partition coefficient (Wildman–Crippen LogP) is 4.06. The Morgan fingerprint density at radius 2 is 2.06 bits per heavy atom. The predicted molar refractivity (Wildman–Crippen MR) is 114 cm³/mol. The number of amides is 2. The van der Waals surface area contributed by atoms with Crippen LogP contribution in [-0.2, 0) is 9.53 Å². The Balaban J connectivity index is 1.52. The fourth-order valence-corrected chi connectivity index (χ4v) is 4.11. The number of methoxy groups -OCH3 is 1. The van der Waals surface area contributed by atoms with Gasteiger partial charge < -0.3 is 19.4 Å². The van der Waals surface area contributed by atoms with Gasteiger partial charge in [0.1, 0.15) is 12.2 Å². The van der Waals surface area contributed by atoms with Gasteiger partial charge in [0.05, 0.1) is 17.7 Å². The monoisotopic (exact) mass is 466 g/mol. The SMILES string of the molecule is COCCN(CC(F)(F)F)C(=O)c1cc(-c2ccc3nc(NC(=O)C4CC4)cn3c2)cs1. The zero-order valence-electron chi connectivity index (χ0n) is 17.2. The molecule has 2 amide bonds. The summed E-state index contributed by atoms with van der Waals surface area (Å²) in [5.41, 5.74) is 2.11. The summed E-state index contributed by atoms with van der Waals surface area (Å²) in [6.07, 6.45) is 0.794. The van der Waals surface area contributed by atoms with E-state index in [0.29, 0.717) is 17.0 Å². The van der Waals surface area contributed by atoms with Crippen molar-refractivity contribution in [2.45, 2.75) is 19.0 Å². The average molecular weight is 466 g/mol. The maximum Gasteiger partial charge on any atom is 0.406 e. The Morgan fingerprint density at radius 1 is 1.28 bits per heavy atom. The van der Waals surface area contributed by atoms with Gasteiger partial charge in [-0.25, -0.2) is 4.98 Å². The number of hydrogen-bond acceptors (Lipinski definition) is 5. The molecule has 3 aromatic heterocycles. The number of alkyl halides is 3. The van der Waals surface area contributed by atoms with Crippen LogP contribution in [0.15, 0.2) is 36.0 Å². The third-order valence-electron chi connectivity index (χ3n) is 5.02. The minimum atomic E-state index is -4.50. The van der Waals surface area contributed by atoms with E-state index < -0.39 is 18.6 Å². The second kappa shape index (κ2) is 8.91. The Morgan fingerprint density at radius 3 is 2.75 bits per heavy atom. The summed E-state index contributed by atoms with van der Waals surface area (Å²) in [5.74, 6) is -0.199. The molecule has 0 aromatic carbocycles. The van der Waals surface area contributed by atoms with E-state index in [4.69, 9.17) is 4.74 Å². The van der Waals surface area contributed by atoms with Gasteiger partial charge in [0.15, 0.2) is 5.82 Å². The summed E-state index contributed by atoms with van der Waals surface area (Å²) >= 11 is 1.09. The van der Waals surface area contributed by atoms with Gasteiger partial charge in [-0.15, -0.1) is 11.3 Å². The number of nitrogens with one attached hydrogen (secondary N) is 1. The van der Waals surface area contributed by atoms with Crippen LogP contribution in [0.2, 0.25) is 0 Å². The first-order valence-corrected chi connectivity index (χ1v) is 10.8. The van der Waals surface area contributed by atoms with E-state index in [0.717, 1.165) is 34.6 Å². The highest BCUT2D eigenvalue weighted by Gasteiger charge is 2.33. The number of pyridine rings is 1. The summed E-state index contributed by atoms with van der Waals surface area (Å²) < 4.78 is 45.3. The number of hydrogen-bond donors (Lipinski definition) is 1. The van der Waals surface area contributed by atoms with Gasteiger partial charge in [0.2, 0.25) is 5.91 Å². The lowest BCUT2D eigenvalue weighted by atomic mass is 10.1. The molecule has 1 aliphatic rings. The number of nitrogens with zero attached hydrogens (tertiary/aromatic N) is 3. The summed E-state index contributed by atoms with van der Waals surface area (Å²) in [6, 6.07) is 5.16. The summed E-state index contributed by atoms with van der Waals surface area (Å²) in [6.45, 7) is -1.48.